The highest BCUT2D eigenvalue weighted by atomic mass is 16.2. The highest BCUT2D eigenvalue weighted by molar-refractivity contribution is 5.77. The van der Waals surface area contributed by atoms with Gasteiger partial charge in [0.25, 0.3) is 5.91 Å². The van der Waals surface area contributed by atoms with Crippen LogP contribution in [0, 0.1) is 0 Å². The molecule has 7 nitrogen and oxygen atoms in total. The molecule has 0 unspecified atom stereocenters. The molecule has 2 heterocycles. The maximum atomic E-state index is 12.7. The average Bonchev–Trinajstić information content (AvgIpc) is 3.04. The van der Waals surface area contributed by atoms with Gasteiger partial charge in [-0.3, -0.25) is 19.6 Å². The second-order valence-electron chi connectivity index (χ2n) is 6.31. The van der Waals surface area contributed by atoms with E-state index in [4.69, 9.17) is 0 Å². The number of hydrogen-bond donors (Lipinski definition) is 1. The van der Waals surface area contributed by atoms with Gasteiger partial charge in [0.2, 0.25) is 0 Å². The number of carbonyl (C=O) groups excluding carboxylic acids is 1. The van der Waals surface area contributed by atoms with E-state index in [-0.39, 0.29) is 18.1 Å². The normalized spacial score (nSPS) is 10.7. The van der Waals surface area contributed by atoms with Crippen LogP contribution < -0.4 is 16.1 Å². The van der Waals surface area contributed by atoms with Crippen LogP contribution in [0.5, 0.6) is 0 Å². The Kier molecular flexibility index (Phi) is 4.88. The Labute approximate surface area is 161 Å². The molecule has 4 rings (SSSR count). The first-order valence-electron chi connectivity index (χ1n) is 8.91. The van der Waals surface area contributed by atoms with Crippen LogP contribution in [0.1, 0.15) is 5.56 Å². The van der Waals surface area contributed by atoms with Crippen LogP contribution in [0.15, 0.2) is 89.9 Å². The molecular weight excluding hydrogens is 354 g/mol. The molecule has 28 heavy (non-hydrogen) atoms. The standard InChI is InChI=1S/C21H19N5O2/c27-20(16-26-21(28)24-14-8-7-13-19(24)22-26)23-25(18-11-5-2-6-12-18)15-17-9-3-1-4-10-17/h1-14H,15-16H2,(H,23,27). The van der Waals surface area contributed by atoms with Gasteiger partial charge in [-0.15, -0.1) is 5.10 Å². The Bertz CT molecular complexity index is 1140. The number of hydrogen-bond acceptors (Lipinski definition) is 4. The average molecular weight is 373 g/mol. The minimum Gasteiger partial charge on any atom is -0.281 e. The molecule has 0 saturated heterocycles. The number of rotatable bonds is 6. The van der Waals surface area contributed by atoms with Gasteiger partial charge in [-0.05, 0) is 29.8 Å². The summed E-state index contributed by atoms with van der Waals surface area (Å²) in [5, 5.41) is 5.97. The van der Waals surface area contributed by atoms with Crippen molar-refractivity contribution in [3.8, 4) is 0 Å². The van der Waals surface area contributed by atoms with Crippen LogP contribution in [0.4, 0.5) is 5.69 Å². The Morgan fingerprint density at radius 3 is 2.32 bits per heavy atom. The molecule has 2 aromatic carbocycles. The predicted molar refractivity (Wildman–Crippen MR) is 107 cm³/mol. The Balaban J connectivity index is 1.54. The maximum Gasteiger partial charge on any atom is 0.350 e. The number of nitrogens with one attached hydrogen (secondary N) is 1. The van der Waals surface area contributed by atoms with Crippen molar-refractivity contribution in [2.45, 2.75) is 13.1 Å². The van der Waals surface area contributed by atoms with E-state index in [1.54, 1.807) is 29.4 Å². The molecule has 0 aliphatic carbocycles. The first-order valence-corrected chi connectivity index (χ1v) is 8.91. The van der Waals surface area contributed by atoms with Crippen molar-refractivity contribution >= 4 is 17.2 Å². The van der Waals surface area contributed by atoms with Crippen molar-refractivity contribution in [2.75, 3.05) is 5.01 Å². The Morgan fingerprint density at radius 2 is 1.61 bits per heavy atom. The number of carbonyl (C=O) groups is 1. The van der Waals surface area contributed by atoms with Crippen LogP contribution in [0.25, 0.3) is 5.65 Å². The summed E-state index contributed by atoms with van der Waals surface area (Å²) in [6.07, 6.45) is 1.63. The summed E-state index contributed by atoms with van der Waals surface area (Å²) >= 11 is 0. The van der Waals surface area contributed by atoms with Gasteiger partial charge in [0, 0.05) is 6.20 Å². The Hall–Kier alpha value is -3.87. The topological polar surface area (TPSA) is 71.6 Å². The van der Waals surface area contributed by atoms with E-state index in [1.807, 2.05) is 60.7 Å². The van der Waals surface area contributed by atoms with Crippen molar-refractivity contribution < 1.29 is 4.79 Å². The van der Waals surface area contributed by atoms with Crippen LogP contribution >= 0.6 is 0 Å². The summed E-state index contributed by atoms with van der Waals surface area (Å²) in [5.41, 5.74) is 4.95. The third-order valence-electron chi connectivity index (χ3n) is 4.29. The lowest BCUT2D eigenvalue weighted by Crippen LogP contribution is -2.44. The largest absolute Gasteiger partial charge is 0.350 e. The zero-order valence-electron chi connectivity index (χ0n) is 15.1. The van der Waals surface area contributed by atoms with Gasteiger partial charge in [-0.1, -0.05) is 54.6 Å². The molecule has 0 bridgehead atoms. The van der Waals surface area contributed by atoms with Gasteiger partial charge in [-0.25, -0.2) is 9.48 Å². The molecule has 2 aromatic heterocycles. The number of amides is 1. The number of hydrazine groups is 1. The van der Waals surface area contributed by atoms with Crippen molar-refractivity contribution in [3.63, 3.8) is 0 Å². The van der Waals surface area contributed by atoms with Crippen LogP contribution in [-0.4, -0.2) is 20.1 Å². The fourth-order valence-corrected chi connectivity index (χ4v) is 2.96. The number of para-hydroxylation sites is 1. The maximum absolute atomic E-state index is 12.7. The third-order valence-corrected chi connectivity index (χ3v) is 4.29. The number of anilines is 1. The van der Waals surface area contributed by atoms with E-state index < -0.39 is 0 Å². The third kappa shape index (κ3) is 3.78. The smallest absolute Gasteiger partial charge is 0.281 e. The number of nitrogens with zero attached hydrogens (tertiary/aromatic N) is 4. The lowest BCUT2D eigenvalue weighted by atomic mass is 10.2. The van der Waals surface area contributed by atoms with Gasteiger partial charge in [-0.2, -0.15) is 0 Å². The molecule has 1 amide bonds. The number of pyridine rings is 1. The zero-order chi connectivity index (χ0) is 19.3. The monoisotopic (exact) mass is 373 g/mol. The van der Waals surface area contributed by atoms with Crippen molar-refractivity contribution in [1.29, 1.82) is 0 Å². The Morgan fingerprint density at radius 1 is 0.929 bits per heavy atom. The van der Waals surface area contributed by atoms with E-state index in [2.05, 4.69) is 10.5 Å². The van der Waals surface area contributed by atoms with Crippen LogP contribution in [0.2, 0.25) is 0 Å². The summed E-state index contributed by atoms with van der Waals surface area (Å²) in [4.78, 5) is 25.0. The molecule has 0 saturated carbocycles. The number of fused-ring (bicyclic) bond motifs is 1. The van der Waals surface area contributed by atoms with Gasteiger partial charge in [0.15, 0.2) is 5.65 Å². The minimum atomic E-state index is -0.347. The molecule has 0 aliphatic rings. The summed E-state index contributed by atoms with van der Waals surface area (Å²) in [7, 11) is 0. The lowest BCUT2D eigenvalue weighted by molar-refractivity contribution is -0.122. The molecule has 0 spiro atoms. The molecule has 7 heteroatoms. The molecule has 0 aliphatic heterocycles. The van der Waals surface area contributed by atoms with Crippen molar-refractivity contribution in [1.82, 2.24) is 19.6 Å². The SMILES string of the molecule is O=C(Cn1nc2ccccn2c1=O)NN(Cc1ccccc1)c1ccccc1. The summed E-state index contributed by atoms with van der Waals surface area (Å²) in [6, 6.07) is 24.7. The summed E-state index contributed by atoms with van der Waals surface area (Å²) < 4.78 is 2.57. The van der Waals surface area contributed by atoms with Gasteiger partial charge >= 0.3 is 5.69 Å². The van der Waals surface area contributed by atoms with Crippen molar-refractivity contribution in [2.24, 2.45) is 0 Å². The predicted octanol–water partition coefficient (Wildman–Crippen LogP) is 2.23. The number of aromatic nitrogens is 3. The molecule has 0 atom stereocenters. The molecule has 140 valence electrons. The molecule has 0 radical (unpaired) electrons. The molecule has 0 fully saturated rings. The van der Waals surface area contributed by atoms with Crippen molar-refractivity contribution in [3.05, 3.63) is 101 Å². The van der Waals surface area contributed by atoms with Gasteiger partial charge in [0.05, 0.1) is 12.2 Å². The fraction of sp³-hybridized carbons (Fsp3) is 0.0952. The first kappa shape index (κ1) is 17.5. The van der Waals surface area contributed by atoms with Gasteiger partial charge in [0.1, 0.15) is 6.54 Å². The molecule has 1 N–H and O–H groups in total. The second-order valence-corrected chi connectivity index (χ2v) is 6.31. The molecular formula is C21H19N5O2. The van der Waals surface area contributed by atoms with Crippen LogP contribution in [-0.2, 0) is 17.9 Å². The highest BCUT2D eigenvalue weighted by Crippen LogP contribution is 2.14. The lowest BCUT2D eigenvalue weighted by Gasteiger charge is -2.25. The van der Waals surface area contributed by atoms with E-state index in [1.165, 1.54) is 4.40 Å². The second kappa shape index (κ2) is 7.79. The molecule has 4 aromatic rings. The minimum absolute atomic E-state index is 0.168. The summed E-state index contributed by atoms with van der Waals surface area (Å²) in [5.74, 6) is -0.328. The van der Waals surface area contributed by atoms with E-state index in [9.17, 15) is 9.59 Å². The van der Waals surface area contributed by atoms with Crippen LogP contribution in [0.3, 0.4) is 0 Å². The summed E-state index contributed by atoms with van der Waals surface area (Å²) in [6.45, 7) is 0.329. The van der Waals surface area contributed by atoms with E-state index in [0.717, 1.165) is 15.9 Å². The fourth-order valence-electron chi connectivity index (χ4n) is 2.96. The van der Waals surface area contributed by atoms with E-state index in [0.29, 0.717) is 12.2 Å². The quantitative estimate of drug-likeness (QED) is 0.526. The first-order chi connectivity index (χ1) is 13.7. The number of benzene rings is 2. The van der Waals surface area contributed by atoms with E-state index >= 15 is 0 Å². The highest BCUT2D eigenvalue weighted by Gasteiger charge is 2.14. The van der Waals surface area contributed by atoms with Gasteiger partial charge < -0.3 is 0 Å². The zero-order valence-corrected chi connectivity index (χ0v) is 15.1.